The second kappa shape index (κ2) is 6.01. The summed E-state index contributed by atoms with van der Waals surface area (Å²) in [6, 6.07) is 10.8. The maximum atomic E-state index is 12.1. The molecule has 0 aliphatic carbocycles. The zero-order valence-corrected chi connectivity index (χ0v) is 13.7. The Hall–Kier alpha value is -3.22. The fourth-order valence-corrected chi connectivity index (χ4v) is 3.03. The van der Waals surface area contributed by atoms with E-state index in [1.54, 1.807) is 7.05 Å². The smallest absolute Gasteiger partial charge is 0.244 e. The van der Waals surface area contributed by atoms with E-state index in [1.807, 2.05) is 36.4 Å². The molecule has 128 valence electrons. The number of nitrogens with one attached hydrogen (secondary N) is 2. The van der Waals surface area contributed by atoms with Crippen LogP contribution in [0.1, 0.15) is 16.7 Å². The van der Waals surface area contributed by atoms with Crippen LogP contribution in [-0.2, 0) is 11.2 Å². The first-order valence-corrected chi connectivity index (χ1v) is 7.99. The fourth-order valence-electron chi connectivity index (χ4n) is 3.03. The highest BCUT2D eigenvalue weighted by Crippen LogP contribution is 2.36. The lowest BCUT2D eigenvalue weighted by atomic mass is 9.93. The summed E-state index contributed by atoms with van der Waals surface area (Å²) in [6.07, 6.45) is 0.494. The summed E-state index contributed by atoms with van der Waals surface area (Å²) >= 11 is 0. The van der Waals surface area contributed by atoms with Gasteiger partial charge in [0.25, 0.3) is 0 Å². The van der Waals surface area contributed by atoms with Crippen molar-refractivity contribution in [1.29, 1.82) is 0 Å². The van der Waals surface area contributed by atoms with E-state index >= 15 is 0 Å². The number of nitrogens with two attached hydrogens (primary N) is 1. The van der Waals surface area contributed by atoms with Crippen molar-refractivity contribution < 1.29 is 14.3 Å². The number of hydrazone groups is 1. The fraction of sp³-hybridized carbons (Fsp3) is 0.222. The minimum absolute atomic E-state index is 0.120. The Kier molecular flexibility index (Phi) is 3.68. The maximum Gasteiger partial charge on any atom is 0.244 e. The Labute approximate surface area is 144 Å². The molecule has 0 saturated carbocycles. The molecule has 7 heteroatoms. The predicted octanol–water partition coefficient (Wildman–Crippen LogP) is 1.01. The molecule has 2 aliphatic rings. The molecule has 1 unspecified atom stereocenters. The predicted molar refractivity (Wildman–Crippen MR) is 93.8 cm³/mol. The van der Waals surface area contributed by atoms with Crippen molar-refractivity contribution in [2.45, 2.75) is 12.5 Å². The zero-order valence-electron chi connectivity index (χ0n) is 13.7. The quantitative estimate of drug-likeness (QED) is 0.710. The highest BCUT2D eigenvalue weighted by atomic mass is 16.7. The van der Waals surface area contributed by atoms with Crippen LogP contribution in [0.25, 0.3) is 0 Å². The summed E-state index contributed by atoms with van der Waals surface area (Å²) in [5, 5.41) is 7.17. The van der Waals surface area contributed by atoms with Gasteiger partial charge >= 0.3 is 0 Å². The largest absolute Gasteiger partial charge is 0.454 e. The van der Waals surface area contributed by atoms with Crippen LogP contribution in [0.3, 0.4) is 0 Å². The first kappa shape index (κ1) is 15.3. The number of hydrogen-bond acceptors (Lipinski definition) is 6. The first-order valence-electron chi connectivity index (χ1n) is 7.99. The molecule has 2 aliphatic heterocycles. The molecule has 4 N–H and O–H groups in total. The molecule has 25 heavy (non-hydrogen) atoms. The van der Waals surface area contributed by atoms with Crippen LogP contribution in [-0.4, -0.2) is 31.5 Å². The van der Waals surface area contributed by atoms with E-state index in [0.717, 1.165) is 22.4 Å². The van der Waals surface area contributed by atoms with Crippen molar-refractivity contribution in [3.63, 3.8) is 0 Å². The average molecular weight is 338 g/mol. The second-order valence-corrected chi connectivity index (χ2v) is 5.95. The molecule has 0 bridgehead atoms. The average Bonchev–Trinajstić information content (AvgIpc) is 3.00. The Bertz CT molecular complexity index is 861. The van der Waals surface area contributed by atoms with Gasteiger partial charge < -0.3 is 20.5 Å². The summed E-state index contributed by atoms with van der Waals surface area (Å²) in [4.78, 5) is 12.1. The van der Waals surface area contributed by atoms with Crippen LogP contribution in [0, 0.1) is 0 Å². The third kappa shape index (κ3) is 2.73. The van der Waals surface area contributed by atoms with Gasteiger partial charge in [0.1, 0.15) is 6.04 Å². The molecule has 7 nitrogen and oxygen atoms in total. The van der Waals surface area contributed by atoms with Crippen molar-refractivity contribution >= 4 is 17.3 Å². The number of fused-ring (bicyclic) bond motifs is 2. The lowest BCUT2D eigenvalue weighted by Crippen LogP contribution is -2.41. The SMILES string of the molecule is CNC(=O)C1Cc2cc3c(cc2C(c2ccc(N)cc2)=NN1)OCO3. The van der Waals surface area contributed by atoms with E-state index in [1.165, 1.54) is 0 Å². The number of amides is 1. The Balaban J connectivity index is 1.84. The van der Waals surface area contributed by atoms with E-state index in [2.05, 4.69) is 15.8 Å². The van der Waals surface area contributed by atoms with Crippen LogP contribution in [0.5, 0.6) is 11.5 Å². The number of nitrogen functional groups attached to an aromatic ring is 1. The maximum absolute atomic E-state index is 12.1. The second-order valence-electron chi connectivity index (χ2n) is 5.95. The van der Waals surface area contributed by atoms with Gasteiger partial charge in [0.15, 0.2) is 11.5 Å². The van der Waals surface area contributed by atoms with Crippen LogP contribution in [0.15, 0.2) is 41.5 Å². The molecule has 0 fully saturated rings. The minimum atomic E-state index is -0.463. The van der Waals surface area contributed by atoms with E-state index < -0.39 is 6.04 Å². The number of benzene rings is 2. The van der Waals surface area contributed by atoms with Crippen molar-refractivity contribution in [3.05, 3.63) is 53.1 Å². The van der Waals surface area contributed by atoms with Gasteiger partial charge in [0.05, 0.1) is 5.71 Å². The molecule has 2 aromatic rings. The number of ether oxygens (including phenoxy) is 2. The summed E-state index contributed by atoms with van der Waals surface area (Å²) < 4.78 is 11.0. The standard InChI is InChI=1S/C18H18N4O3/c1-20-18(23)14-6-11-7-15-16(25-9-24-15)8-13(11)17(22-21-14)10-2-4-12(19)5-3-10/h2-5,7-8,14,21H,6,9,19H2,1H3,(H,20,23). The number of rotatable bonds is 2. The summed E-state index contributed by atoms with van der Waals surface area (Å²) in [5.41, 5.74) is 13.0. The third-order valence-electron chi connectivity index (χ3n) is 4.36. The molecule has 0 spiro atoms. The first-order chi connectivity index (χ1) is 12.2. The van der Waals surface area contributed by atoms with Gasteiger partial charge in [-0.2, -0.15) is 5.10 Å². The molecule has 4 rings (SSSR count). The molecule has 2 aromatic carbocycles. The number of hydrogen-bond donors (Lipinski definition) is 3. The lowest BCUT2D eigenvalue weighted by Gasteiger charge is -2.13. The highest BCUT2D eigenvalue weighted by Gasteiger charge is 2.27. The molecule has 0 saturated heterocycles. The van der Waals surface area contributed by atoms with Crippen molar-refractivity contribution in [1.82, 2.24) is 10.7 Å². The monoisotopic (exact) mass is 338 g/mol. The van der Waals surface area contributed by atoms with Crippen LogP contribution < -0.4 is 25.9 Å². The number of carbonyl (C=O) groups is 1. The Morgan fingerprint density at radius 1 is 1.24 bits per heavy atom. The number of nitrogens with zero attached hydrogens (tertiary/aromatic N) is 1. The molecule has 0 radical (unpaired) electrons. The van der Waals surface area contributed by atoms with Crippen molar-refractivity contribution in [3.8, 4) is 11.5 Å². The van der Waals surface area contributed by atoms with Crippen molar-refractivity contribution in [2.75, 3.05) is 19.6 Å². The van der Waals surface area contributed by atoms with Crippen LogP contribution in [0.4, 0.5) is 5.69 Å². The number of anilines is 1. The van der Waals surface area contributed by atoms with E-state index in [4.69, 9.17) is 15.2 Å². The number of carbonyl (C=O) groups excluding carboxylic acids is 1. The highest BCUT2D eigenvalue weighted by molar-refractivity contribution is 6.14. The van der Waals surface area contributed by atoms with Gasteiger partial charge in [-0.05, 0) is 29.8 Å². The van der Waals surface area contributed by atoms with E-state index in [0.29, 0.717) is 23.6 Å². The Morgan fingerprint density at radius 2 is 1.96 bits per heavy atom. The molecule has 0 aromatic heterocycles. The van der Waals surface area contributed by atoms with Gasteiger partial charge in [0.2, 0.25) is 12.7 Å². The summed E-state index contributed by atoms with van der Waals surface area (Å²) in [6.45, 7) is 0.198. The van der Waals surface area contributed by atoms with Gasteiger partial charge in [-0.1, -0.05) is 12.1 Å². The lowest BCUT2D eigenvalue weighted by molar-refractivity contribution is -0.122. The molecule has 2 heterocycles. The molecule has 1 atom stereocenters. The molecule has 1 amide bonds. The van der Waals surface area contributed by atoms with E-state index in [-0.39, 0.29) is 12.7 Å². The summed E-state index contributed by atoms with van der Waals surface area (Å²) in [5.74, 6) is 1.25. The van der Waals surface area contributed by atoms with Gasteiger partial charge in [-0.25, -0.2) is 0 Å². The van der Waals surface area contributed by atoms with Gasteiger partial charge in [-0.3, -0.25) is 10.2 Å². The normalized spacial score (nSPS) is 17.8. The third-order valence-corrected chi connectivity index (χ3v) is 4.36. The Morgan fingerprint density at radius 3 is 2.68 bits per heavy atom. The van der Waals surface area contributed by atoms with Crippen molar-refractivity contribution in [2.24, 2.45) is 5.10 Å². The molecular weight excluding hydrogens is 320 g/mol. The zero-order chi connectivity index (χ0) is 17.4. The van der Waals surface area contributed by atoms with E-state index in [9.17, 15) is 4.79 Å². The van der Waals surface area contributed by atoms with Crippen LogP contribution >= 0.6 is 0 Å². The molecular formula is C18H18N4O3. The minimum Gasteiger partial charge on any atom is -0.454 e. The van der Waals surface area contributed by atoms with Gasteiger partial charge in [-0.15, -0.1) is 0 Å². The van der Waals surface area contributed by atoms with Crippen LogP contribution in [0.2, 0.25) is 0 Å². The topological polar surface area (TPSA) is 98.0 Å². The van der Waals surface area contributed by atoms with Gasteiger partial charge in [0, 0.05) is 30.3 Å². The number of likely N-dealkylation sites (N-methyl/N-ethyl adjacent to an activating group) is 1. The summed E-state index contributed by atoms with van der Waals surface area (Å²) in [7, 11) is 1.61.